The molecule has 2 aromatic rings. The maximum Gasteiger partial charge on any atom is 0.328 e. The van der Waals surface area contributed by atoms with Gasteiger partial charge in [0, 0.05) is 18.1 Å². The number of carboxylic acids is 1. The van der Waals surface area contributed by atoms with Crippen molar-refractivity contribution < 1.29 is 14.6 Å². The molecule has 0 bridgehead atoms. The third-order valence-corrected chi connectivity index (χ3v) is 3.72. The summed E-state index contributed by atoms with van der Waals surface area (Å²) in [5.74, 6) is 0.557. The van der Waals surface area contributed by atoms with Crippen molar-refractivity contribution in [1.82, 2.24) is 4.98 Å². The number of hydrogen-bond donors (Lipinski definition) is 1. The van der Waals surface area contributed by atoms with Gasteiger partial charge in [-0.2, -0.15) is 0 Å². The van der Waals surface area contributed by atoms with Crippen molar-refractivity contribution in [3.63, 3.8) is 0 Å². The fourth-order valence-electron chi connectivity index (χ4n) is 2.41. The van der Waals surface area contributed by atoms with Crippen LogP contribution in [0, 0.1) is 0 Å². The van der Waals surface area contributed by atoms with Gasteiger partial charge in [0.1, 0.15) is 17.1 Å². The van der Waals surface area contributed by atoms with Crippen molar-refractivity contribution in [3.8, 4) is 5.75 Å². The molecule has 0 fully saturated rings. The van der Waals surface area contributed by atoms with E-state index in [2.05, 4.69) is 4.98 Å². The van der Waals surface area contributed by atoms with Gasteiger partial charge in [-0.3, -0.25) is 0 Å². The Bertz CT molecular complexity index is 668. The van der Waals surface area contributed by atoms with Crippen LogP contribution in [0.15, 0.2) is 30.5 Å². The molecule has 112 valence electrons. The van der Waals surface area contributed by atoms with Gasteiger partial charge in [0.15, 0.2) is 0 Å². The number of hydrogen-bond acceptors (Lipinski definition) is 4. The predicted octanol–water partition coefficient (Wildman–Crippen LogP) is 2.93. The number of nitrogens with zero attached hydrogens (tertiary/aromatic N) is 2. The molecule has 5 heteroatoms. The van der Waals surface area contributed by atoms with Crippen LogP contribution in [-0.4, -0.2) is 35.3 Å². The van der Waals surface area contributed by atoms with Gasteiger partial charge in [0.25, 0.3) is 0 Å². The summed E-state index contributed by atoms with van der Waals surface area (Å²) < 4.78 is 5.23. The number of aromatic nitrogens is 1. The van der Waals surface area contributed by atoms with E-state index in [-0.39, 0.29) is 0 Å². The molecule has 0 amide bonds. The maximum absolute atomic E-state index is 11.5. The second kappa shape index (κ2) is 5.60. The topological polar surface area (TPSA) is 62.7 Å². The first-order valence-electron chi connectivity index (χ1n) is 6.85. The number of pyridine rings is 1. The van der Waals surface area contributed by atoms with Crippen LogP contribution in [0.1, 0.15) is 20.8 Å². The Hall–Kier alpha value is -2.30. The SMILES string of the molecule is CCN(c1nccc2cc(OC)ccc12)C(C)(C)C(=O)O. The summed E-state index contributed by atoms with van der Waals surface area (Å²) in [6.07, 6.45) is 1.69. The summed E-state index contributed by atoms with van der Waals surface area (Å²) in [5.41, 5.74) is -1.03. The summed E-state index contributed by atoms with van der Waals surface area (Å²) in [6.45, 7) is 5.85. The Morgan fingerprint density at radius 2 is 2.10 bits per heavy atom. The van der Waals surface area contributed by atoms with Crippen molar-refractivity contribution in [1.29, 1.82) is 0 Å². The molecule has 0 spiro atoms. The van der Waals surface area contributed by atoms with Gasteiger partial charge in [-0.15, -0.1) is 0 Å². The van der Waals surface area contributed by atoms with Crippen LogP contribution >= 0.6 is 0 Å². The van der Waals surface area contributed by atoms with Crippen LogP contribution in [-0.2, 0) is 4.79 Å². The molecule has 0 aliphatic heterocycles. The Balaban J connectivity index is 2.62. The lowest BCUT2D eigenvalue weighted by molar-refractivity contribution is -0.142. The standard InChI is InChI=1S/C16H20N2O3/c1-5-18(16(2,3)15(19)20)14-13-7-6-12(21-4)10-11(13)8-9-17-14/h6-10H,5H2,1-4H3,(H,19,20). The Kier molecular flexibility index (Phi) is 4.02. The first kappa shape index (κ1) is 15.1. The van der Waals surface area contributed by atoms with E-state index in [0.29, 0.717) is 12.4 Å². The lowest BCUT2D eigenvalue weighted by Gasteiger charge is -2.35. The molecule has 0 aliphatic carbocycles. The zero-order valence-corrected chi connectivity index (χ0v) is 12.8. The summed E-state index contributed by atoms with van der Waals surface area (Å²) in [7, 11) is 1.62. The van der Waals surface area contributed by atoms with Crippen LogP contribution in [0.5, 0.6) is 5.75 Å². The lowest BCUT2D eigenvalue weighted by Crippen LogP contribution is -2.50. The van der Waals surface area contributed by atoms with E-state index in [1.807, 2.05) is 31.2 Å². The van der Waals surface area contributed by atoms with E-state index in [0.717, 1.165) is 16.5 Å². The van der Waals surface area contributed by atoms with Gasteiger partial charge >= 0.3 is 5.97 Å². The van der Waals surface area contributed by atoms with Crippen molar-refractivity contribution >= 4 is 22.6 Å². The molecule has 21 heavy (non-hydrogen) atoms. The highest BCUT2D eigenvalue weighted by Crippen LogP contribution is 2.31. The molecule has 5 nitrogen and oxygen atoms in total. The van der Waals surface area contributed by atoms with E-state index in [1.165, 1.54) is 0 Å². The van der Waals surface area contributed by atoms with E-state index in [9.17, 15) is 9.90 Å². The number of carboxylic acid groups (broad SMARTS) is 1. The fourth-order valence-corrected chi connectivity index (χ4v) is 2.41. The van der Waals surface area contributed by atoms with Crippen LogP contribution in [0.25, 0.3) is 10.8 Å². The number of anilines is 1. The Morgan fingerprint density at radius 1 is 1.38 bits per heavy atom. The fraction of sp³-hybridized carbons (Fsp3) is 0.375. The minimum absolute atomic E-state index is 0.553. The Labute approximate surface area is 124 Å². The van der Waals surface area contributed by atoms with Gasteiger partial charge in [0.05, 0.1) is 7.11 Å². The summed E-state index contributed by atoms with van der Waals surface area (Å²) in [5, 5.41) is 11.4. The minimum Gasteiger partial charge on any atom is -0.497 e. The van der Waals surface area contributed by atoms with Crippen LogP contribution in [0.4, 0.5) is 5.82 Å². The quantitative estimate of drug-likeness (QED) is 0.916. The monoisotopic (exact) mass is 288 g/mol. The zero-order valence-electron chi connectivity index (χ0n) is 12.8. The molecule has 2 rings (SSSR count). The first-order valence-corrected chi connectivity index (χ1v) is 6.85. The van der Waals surface area contributed by atoms with Crippen molar-refractivity contribution in [3.05, 3.63) is 30.5 Å². The molecule has 1 aromatic carbocycles. The molecule has 1 heterocycles. The smallest absolute Gasteiger partial charge is 0.328 e. The second-order valence-electron chi connectivity index (χ2n) is 5.33. The van der Waals surface area contributed by atoms with Crippen molar-refractivity contribution in [2.24, 2.45) is 0 Å². The molecule has 0 unspecified atom stereocenters. The average Bonchev–Trinajstić information content (AvgIpc) is 2.47. The van der Waals surface area contributed by atoms with Gasteiger partial charge < -0.3 is 14.7 Å². The summed E-state index contributed by atoms with van der Waals surface area (Å²) in [4.78, 5) is 17.7. The highest BCUT2D eigenvalue weighted by molar-refractivity contribution is 5.95. The van der Waals surface area contributed by atoms with Gasteiger partial charge in [-0.25, -0.2) is 9.78 Å². The molecular formula is C16H20N2O3. The summed E-state index contributed by atoms with van der Waals surface area (Å²) >= 11 is 0. The number of carbonyl (C=O) groups is 1. The highest BCUT2D eigenvalue weighted by Gasteiger charge is 2.35. The number of likely N-dealkylation sites (N-methyl/N-ethyl adjacent to an activating group) is 1. The molecule has 0 saturated carbocycles. The highest BCUT2D eigenvalue weighted by atomic mass is 16.5. The normalized spacial score (nSPS) is 11.4. The van der Waals surface area contributed by atoms with Gasteiger partial charge in [-0.05, 0) is 50.4 Å². The number of rotatable bonds is 5. The maximum atomic E-state index is 11.5. The van der Waals surface area contributed by atoms with E-state index in [1.54, 1.807) is 32.1 Å². The van der Waals surface area contributed by atoms with Crippen molar-refractivity contribution in [2.75, 3.05) is 18.6 Å². The largest absolute Gasteiger partial charge is 0.497 e. The van der Waals surface area contributed by atoms with Crippen LogP contribution in [0.2, 0.25) is 0 Å². The third kappa shape index (κ3) is 2.63. The van der Waals surface area contributed by atoms with E-state index < -0.39 is 11.5 Å². The van der Waals surface area contributed by atoms with Gasteiger partial charge in [0.2, 0.25) is 0 Å². The molecule has 1 N–H and O–H groups in total. The molecule has 1 aromatic heterocycles. The lowest BCUT2D eigenvalue weighted by atomic mass is 10.0. The minimum atomic E-state index is -1.03. The second-order valence-corrected chi connectivity index (χ2v) is 5.33. The molecule has 0 atom stereocenters. The molecule has 0 saturated heterocycles. The third-order valence-electron chi connectivity index (χ3n) is 3.72. The number of methoxy groups -OCH3 is 1. The number of aliphatic carboxylic acids is 1. The van der Waals surface area contributed by atoms with E-state index >= 15 is 0 Å². The molecular weight excluding hydrogens is 268 g/mol. The Morgan fingerprint density at radius 3 is 2.67 bits per heavy atom. The van der Waals surface area contributed by atoms with Crippen LogP contribution in [0.3, 0.4) is 0 Å². The van der Waals surface area contributed by atoms with Crippen molar-refractivity contribution in [2.45, 2.75) is 26.3 Å². The van der Waals surface area contributed by atoms with E-state index in [4.69, 9.17) is 4.74 Å². The predicted molar refractivity (Wildman–Crippen MR) is 83.0 cm³/mol. The molecule has 0 aliphatic rings. The zero-order chi connectivity index (χ0) is 15.6. The average molecular weight is 288 g/mol. The molecule has 0 radical (unpaired) electrons. The summed E-state index contributed by atoms with van der Waals surface area (Å²) in [6, 6.07) is 7.58. The van der Waals surface area contributed by atoms with Crippen LogP contribution < -0.4 is 9.64 Å². The first-order chi connectivity index (χ1) is 9.91. The number of fused-ring (bicyclic) bond motifs is 1. The van der Waals surface area contributed by atoms with Gasteiger partial charge in [-0.1, -0.05) is 0 Å². The number of benzene rings is 1. The number of ether oxygens (including phenoxy) is 1.